The van der Waals surface area contributed by atoms with Crippen LogP contribution in [0.1, 0.15) is 83.1 Å². The van der Waals surface area contributed by atoms with Crippen molar-refractivity contribution in [1.29, 1.82) is 0 Å². The average Bonchev–Trinajstić information content (AvgIpc) is 3.38. The summed E-state index contributed by atoms with van der Waals surface area (Å²) in [7, 11) is -3.25. The number of piperazine rings is 1. The van der Waals surface area contributed by atoms with Gasteiger partial charge < -0.3 is 26.4 Å². The fraction of sp³-hybridized carbons (Fsp3) is 0.750. The van der Waals surface area contributed by atoms with E-state index in [9.17, 15) is 18.0 Å². The van der Waals surface area contributed by atoms with Gasteiger partial charge in [0.05, 0.1) is 17.9 Å². The molecule has 5 N–H and O–H groups in total. The van der Waals surface area contributed by atoms with Crippen LogP contribution in [0, 0.1) is 11.8 Å². The van der Waals surface area contributed by atoms with E-state index in [1.165, 1.54) is 0 Å². The first-order valence-corrected chi connectivity index (χ1v) is 18.4. The maximum absolute atomic E-state index is 14.2. The number of carbonyl (C=O) groups excluding carboxylic acids is 2. The fourth-order valence-corrected chi connectivity index (χ4v) is 9.99. The predicted octanol–water partition coefficient (Wildman–Crippen LogP) is 2.90. The van der Waals surface area contributed by atoms with Crippen molar-refractivity contribution in [3.63, 3.8) is 0 Å². The maximum Gasteiger partial charge on any atom is 0.243 e. The lowest BCUT2D eigenvalue weighted by Crippen LogP contribution is -2.57. The summed E-state index contributed by atoms with van der Waals surface area (Å²) in [5, 5.41) is 10.5. The van der Waals surface area contributed by atoms with E-state index < -0.39 is 16.1 Å². The molecule has 1 aliphatic carbocycles. The summed E-state index contributed by atoms with van der Waals surface area (Å²) in [6.07, 6.45) is 7.53. The molecule has 0 aromatic heterocycles. The monoisotopic (exact) mass is 651 g/mol. The molecule has 3 saturated heterocycles. The molecule has 3 aliphatic heterocycles. The van der Waals surface area contributed by atoms with Gasteiger partial charge in [0.15, 0.2) is 0 Å². The Morgan fingerprint density at radius 3 is 2.64 bits per heavy atom. The molecule has 2 amide bonds. The second-order valence-corrected chi connectivity index (χ2v) is 16.3. The number of benzene rings is 1. The van der Waals surface area contributed by atoms with E-state index in [1.54, 1.807) is 4.31 Å². The number of fused-ring (bicyclic) bond motifs is 2. The molecule has 1 saturated carbocycles. The number of carbonyl (C=O) groups is 2. The van der Waals surface area contributed by atoms with E-state index in [2.05, 4.69) is 29.8 Å². The first kappa shape index (κ1) is 33.6. The highest BCUT2D eigenvalue weighted by molar-refractivity contribution is 7.89. The Balaban J connectivity index is 1.32. The Hall–Kier alpha value is -1.76. The molecule has 10 nitrogen and oxygen atoms in total. The van der Waals surface area contributed by atoms with Crippen LogP contribution in [0.15, 0.2) is 24.3 Å². The smallest absolute Gasteiger partial charge is 0.243 e. The highest BCUT2D eigenvalue weighted by atomic mass is 35.5. The van der Waals surface area contributed by atoms with Gasteiger partial charge in [0, 0.05) is 48.8 Å². The molecule has 5 rings (SSSR count). The third-order valence-electron chi connectivity index (χ3n) is 10.3. The van der Waals surface area contributed by atoms with Crippen LogP contribution in [0.5, 0.6) is 0 Å². The summed E-state index contributed by atoms with van der Waals surface area (Å²) in [6, 6.07) is 6.87. The van der Waals surface area contributed by atoms with Crippen molar-refractivity contribution >= 4 is 33.4 Å². The zero-order valence-electron chi connectivity index (χ0n) is 26.1. The highest BCUT2D eigenvalue weighted by Crippen LogP contribution is 2.41. The van der Waals surface area contributed by atoms with Crippen LogP contribution in [0.2, 0.25) is 5.02 Å². The van der Waals surface area contributed by atoms with Crippen molar-refractivity contribution in [2.45, 2.75) is 107 Å². The Kier molecular flexibility index (Phi) is 11.0. The summed E-state index contributed by atoms with van der Waals surface area (Å²) >= 11 is 6.24. The number of sulfonamides is 1. The summed E-state index contributed by atoms with van der Waals surface area (Å²) in [4.78, 5) is 27.0. The van der Waals surface area contributed by atoms with E-state index >= 15 is 0 Å². The van der Waals surface area contributed by atoms with Gasteiger partial charge in [-0.3, -0.25) is 9.59 Å². The third-order valence-corrected chi connectivity index (χ3v) is 12.5. The quantitative estimate of drug-likeness (QED) is 0.305. The third kappa shape index (κ3) is 8.14. The first-order valence-electron chi connectivity index (χ1n) is 16.4. The Morgan fingerprint density at radius 2 is 1.91 bits per heavy atom. The molecule has 2 bridgehead atoms. The zero-order chi connectivity index (χ0) is 31.5. The maximum atomic E-state index is 14.2. The van der Waals surface area contributed by atoms with E-state index in [1.807, 2.05) is 24.3 Å². The van der Waals surface area contributed by atoms with Crippen LogP contribution in [-0.2, 0) is 24.3 Å². The zero-order valence-corrected chi connectivity index (χ0v) is 27.7. The number of nitrogens with one attached hydrogen (secondary N) is 3. The lowest BCUT2D eigenvalue weighted by molar-refractivity contribution is -0.131. The van der Waals surface area contributed by atoms with E-state index in [0.29, 0.717) is 31.1 Å². The Labute approximate surface area is 267 Å². The largest absolute Gasteiger partial charge is 0.376 e. The van der Waals surface area contributed by atoms with Crippen LogP contribution in [0.25, 0.3) is 0 Å². The van der Waals surface area contributed by atoms with Crippen molar-refractivity contribution in [2.75, 3.05) is 32.0 Å². The molecule has 12 heteroatoms. The summed E-state index contributed by atoms with van der Waals surface area (Å²) in [6.45, 7) is 5.72. The van der Waals surface area contributed by atoms with Crippen molar-refractivity contribution < 1.29 is 22.7 Å². The van der Waals surface area contributed by atoms with Crippen LogP contribution in [0.4, 0.5) is 0 Å². The number of nitrogens with two attached hydrogens (primary N) is 1. The minimum atomic E-state index is -3.25. The minimum Gasteiger partial charge on any atom is -0.376 e. The van der Waals surface area contributed by atoms with E-state index in [-0.39, 0.29) is 65.6 Å². The Bertz CT molecular complexity index is 1260. The summed E-state index contributed by atoms with van der Waals surface area (Å²) < 4.78 is 33.7. The molecule has 3 heterocycles. The number of nitrogens with zero attached hydrogens (tertiary/aromatic N) is 1. The predicted molar refractivity (Wildman–Crippen MR) is 172 cm³/mol. The molecule has 0 radical (unpaired) electrons. The van der Waals surface area contributed by atoms with Gasteiger partial charge in [0.25, 0.3) is 0 Å². The number of halogens is 1. The van der Waals surface area contributed by atoms with Crippen LogP contribution < -0.4 is 21.7 Å². The van der Waals surface area contributed by atoms with Crippen LogP contribution in [0.3, 0.4) is 0 Å². The molecule has 0 spiro atoms. The van der Waals surface area contributed by atoms with Gasteiger partial charge in [0.2, 0.25) is 21.8 Å². The lowest BCUT2D eigenvalue weighted by atomic mass is 9.73. The normalized spacial score (nSPS) is 32.6. The van der Waals surface area contributed by atoms with Gasteiger partial charge in [-0.2, -0.15) is 4.31 Å². The second-order valence-electron chi connectivity index (χ2n) is 13.9. The van der Waals surface area contributed by atoms with Gasteiger partial charge in [-0.15, -0.1) is 0 Å². The highest BCUT2D eigenvalue weighted by Gasteiger charge is 2.43. The van der Waals surface area contributed by atoms with Gasteiger partial charge in [0.1, 0.15) is 6.04 Å². The van der Waals surface area contributed by atoms with E-state index in [0.717, 1.165) is 56.9 Å². The number of rotatable bonds is 10. The standard InChI is InChI=1S/C32H50ClN5O5S/c1-32(2)17-23(14-15-43-32)29(22-8-11-24(33)12-9-22)30(37-28(39)18-34)31(40)36-27-7-3-5-21(27)10-13-26-19-35-25-6-4-16-44(41,42)38(26)20-25/h8-9,11-12,21,23,25-27,29-30,35H,3-7,10,13-20,34H2,1-2H3,(H,36,40)(H,37,39). The Morgan fingerprint density at radius 1 is 1.14 bits per heavy atom. The number of amides is 2. The number of hydrogen-bond donors (Lipinski definition) is 4. The SMILES string of the molecule is CC1(C)CC(C(c2ccc(Cl)cc2)C(NC(=O)CN)C(=O)NC2CCCC2CCC2CNC3CCCS(=O)(=O)N2C3)CCO1. The van der Waals surface area contributed by atoms with Gasteiger partial charge in [-0.05, 0) is 94.7 Å². The molecule has 246 valence electrons. The van der Waals surface area contributed by atoms with Crippen molar-refractivity contribution in [2.24, 2.45) is 17.6 Å². The summed E-state index contributed by atoms with van der Waals surface area (Å²) in [5.74, 6) is -0.316. The number of ether oxygens (including phenoxy) is 1. The molecule has 8 unspecified atom stereocenters. The van der Waals surface area contributed by atoms with Crippen LogP contribution in [-0.4, -0.2) is 86.3 Å². The molecule has 8 atom stereocenters. The van der Waals surface area contributed by atoms with Crippen molar-refractivity contribution in [3.8, 4) is 0 Å². The average molecular weight is 652 g/mol. The van der Waals surface area contributed by atoms with Crippen LogP contribution >= 0.6 is 11.6 Å². The molecular weight excluding hydrogens is 602 g/mol. The topological polar surface area (TPSA) is 143 Å². The molecule has 44 heavy (non-hydrogen) atoms. The summed E-state index contributed by atoms with van der Waals surface area (Å²) in [5.41, 5.74) is 6.32. The molecule has 1 aromatic carbocycles. The number of hydrogen-bond acceptors (Lipinski definition) is 7. The van der Waals surface area contributed by atoms with Crippen molar-refractivity contribution in [1.82, 2.24) is 20.3 Å². The molecule has 4 fully saturated rings. The van der Waals surface area contributed by atoms with Gasteiger partial charge >= 0.3 is 0 Å². The fourth-order valence-electron chi connectivity index (χ4n) is 8.05. The van der Waals surface area contributed by atoms with Gasteiger partial charge in [-0.1, -0.05) is 30.2 Å². The first-order chi connectivity index (χ1) is 21.0. The van der Waals surface area contributed by atoms with Gasteiger partial charge in [-0.25, -0.2) is 8.42 Å². The molecular formula is C32H50ClN5O5S. The minimum absolute atomic E-state index is 0.0400. The van der Waals surface area contributed by atoms with Crippen molar-refractivity contribution in [3.05, 3.63) is 34.9 Å². The molecule has 4 aliphatic rings. The second kappa shape index (κ2) is 14.3. The lowest BCUT2D eigenvalue weighted by Gasteiger charge is -2.42. The molecule has 1 aromatic rings. The van der Waals surface area contributed by atoms with E-state index in [4.69, 9.17) is 22.1 Å².